The highest BCUT2D eigenvalue weighted by atomic mass is 16.5. The molecule has 0 fully saturated rings. The van der Waals surface area contributed by atoms with Gasteiger partial charge in [-0.05, 0) is 18.4 Å². The van der Waals surface area contributed by atoms with Gasteiger partial charge in [0.05, 0.1) is 14.2 Å². The van der Waals surface area contributed by atoms with Gasteiger partial charge < -0.3 is 14.6 Å². The smallest absolute Gasteiger partial charge is 0.323 e. The van der Waals surface area contributed by atoms with Crippen LogP contribution in [0.2, 0.25) is 0 Å². The molecule has 1 aliphatic rings. The Hall–Kier alpha value is -1.69. The fraction of sp³-hybridized carbons (Fsp3) is 0.615. The Bertz CT molecular complexity index is 418. The summed E-state index contributed by atoms with van der Waals surface area (Å²) in [6.07, 6.45) is 0.551. The maximum Gasteiger partial charge on any atom is 0.323 e. The molecule has 1 aliphatic carbocycles. The molecule has 0 saturated carbocycles. The third kappa shape index (κ3) is 2.53. The van der Waals surface area contributed by atoms with Gasteiger partial charge in [-0.2, -0.15) is 0 Å². The number of Topliss-reactive ketones (excluding diaryl/α,β-unsaturated/α-hetero) is 1. The summed E-state index contributed by atoms with van der Waals surface area (Å²) in [6.45, 7) is 1.18. The maximum atomic E-state index is 11.9. The van der Waals surface area contributed by atoms with E-state index in [1.165, 1.54) is 14.2 Å². The summed E-state index contributed by atoms with van der Waals surface area (Å²) in [5.41, 5.74) is -0.467. The lowest BCUT2D eigenvalue weighted by atomic mass is 9.83. The van der Waals surface area contributed by atoms with Crippen LogP contribution in [0.4, 0.5) is 0 Å². The first-order chi connectivity index (χ1) is 8.96. The van der Waals surface area contributed by atoms with E-state index in [9.17, 15) is 14.4 Å². The summed E-state index contributed by atoms with van der Waals surface area (Å²) in [5, 5.41) is 8.95. The van der Waals surface area contributed by atoms with Gasteiger partial charge in [0.2, 0.25) is 0 Å². The van der Waals surface area contributed by atoms with Crippen LogP contribution in [-0.4, -0.2) is 43.7 Å². The van der Waals surface area contributed by atoms with Crippen LogP contribution in [0, 0.1) is 5.41 Å². The largest absolute Gasteiger partial charge is 0.468 e. The van der Waals surface area contributed by atoms with Gasteiger partial charge in [0, 0.05) is 6.42 Å². The minimum atomic E-state index is -1.49. The first kappa shape index (κ1) is 15.4. The molecule has 0 heterocycles. The van der Waals surface area contributed by atoms with Crippen molar-refractivity contribution in [2.45, 2.75) is 26.2 Å². The van der Waals surface area contributed by atoms with Crippen molar-refractivity contribution in [1.29, 1.82) is 0 Å². The van der Waals surface area contributed by atoms with E-state index >= 15 is 0 Å². The van der Waals surface area contributed by atoms with E-state index in [0.29, 0.717) is 17.6 Å². The van der Waals surface area contributed by atoms with Crippen molar-refractivity contribution in [3.05, 3.63) is 11.1 Å². The summed E-state index contributed by atoms with van der Waals surface area (Å²) in [6, 6.07) is 0. The third-order valence-corrected chi connectivity index (χ3v) is 3.48. The van der Waals surface area contributed by atoms with Gasteiger partial charge in [-0.25, -0.2) is 0 Å². The molecular weight excluding hydrogens is 252 g/mol. The van der Waals surface area contributed by atoms with E-state index in [1.807, 2.05) is 6.92 Å². The zero-order valence-electron chi connectivity index (χ0n) is 11.3. The van der Waals surface area contributed by atoms with Gasteiger partial charge in [0.15, 0.2) is 11.2 Å². The van der Waals surface area contributed by atoms with Crippen LogP contribution in [0.1, 0.15) is 26.2 Å². The lowest BCUT2D eigenvalue weighted by Crippen LogP contribution is -2.39. The standard InChI is InChI=1S/C13H18O6/c1-4-8-5-13(11(16)18-2,12(17)19-3)6-9(8)10(15)7-14/h14H,4-7H2,1-3H3. The highest BCUT2D eigenvalue weighted by molar-refractivity contribution is 6.06. The van der Waals surface area contributed by atoms with Crippen LogP contribution >= 0.6 is 0 Å². The van der Waals surface area contributed by atoms with Crippen molar-refractivity contribution < 1.29 is 29.0 Å². The van der Waals surface area contributed by atoms with E-state index in [0.717, 1.165) is 0 Å². The summed E-state index contributed by atoms with van der Waals surface area (Å²) >= 11 is 0. The lowest BCUT2D eigenvalue weighted by molar-refractivity contribution is -0.168. The number of hydrogen-bond donors (Lipinski definition) is 1. The van der Waals surface area contributed by atoms with Crippen molar-refractivity contribution >= 4 is 17.7 Å². The monoisotopic (exact) mass is 270 g/mol. The average molecular weight is 270 g/mol. The highest BCUT2D eigenvalue weighted by Gasteiger charge is 2.53. The second-order valence-electron chi connectivity index (χ2n) is 4.44. The van der Waals surface area contributed by atoms with Gasteiger partial charge >= 0.3 is 11.9 Å². The summed E-state index contributed by atoms with van der Waals surface area (Å²) < 4.78 is 9.35. The third-order valence-electron chi connectivity index (χ3n) is 3.48. The molecule has 19 heavy (non-hydrogen) atoms. The second-order valence-corrected chi connectivity index (χ2v) is 4.44. The molecular formula is C13H18O6. The topological polar surface area (TPSA) is 89.9 Å². The van der Waals surface area contributed by atoms with Gasteiger partial charge in [-0.3, -0.25) is 14.4 Å². The molecule has 0 saturated heterocycles. The molecule has 0 amide bonds. The van der Waals surface area contributed by atoms with Gasteiger partial charge in [0.25, 0.3) is 0 Å². The Morgan fingerprint density at radius 1 is 1.16 bits per heavy atom. The SMILES string of the molecule is CCC1=C(C(=O)CO)CC(C(=O)OC)(C(=O)OC)C1. The first-order valence-corrected chi connectivity index (χ1v) is 5.98. The predicted octanol–water partition coefficient (Wildman–Crippen LogP) is 0.381. The van der Waals surface area contributed by atoms with Crippen molar-refractivity contribution in [2.75, 3.05) is 20.8 Å². The number of allylic oxidation sites excluding steroid dienone is 1. The quantitative estimate of drug-likeness (QED) is 0.574. The van der Waals surface area contributed by atoms with Crippen molar-refractivity contribution in [3.63, 3.8) is 0 Å². The van der Waals surface area contributed by atoms with Crippen LogP contribution in [0.25, 0.3) is 0 Å². The minimum absolute atomic E-state index is 0.0745. The number of carbonyl (C=O) groups is 3. The van der Waals surface area contributed by atoms with Crippen LogP contribution in [-0.2, 0) is 23.9 Å². The highest BCUT2D eigenvalue weighted by Crippen LogP contribution is 2.45. The Morgan fingerprint density at radius 2 is 1.68 bits per heavy atom. The van der Waals surface area contributed by atoms with Crippen LogP contribution < -0.4 is 0 Å². The maximum absolute atomic E-state index is 11.9. The number of carbonyl (C=O) groups excluding carboxylic acids is 3. The molecule has 0 bridgehead atoms. The van der Waals surface area contributed by atoms with Gasteiger partial charge in [0.1, 0.15) is 6.61 Å². The molecule has 0 unspecified atom stereocenters. The molecule has 0 atom stereocenters. The number of ketones is 1. The van der Waals surface area contributed by atoms with Crippen molar-refractivity contribution in [3.8, 4) is 0 Å². The van der Waals surface area contributed by atoms with Crippen LogP contribution in [0.5, 0.6) is 0 Å². The number of aliphatic hydroxyl groups is 1. The molecule has 6 nitrogen and oxygen atoms in total. The fourth-order valence-corrected chi connectivity index (χ4v) is 2.45. The predicted molar refractivity (Wildman–Crippen MR) is 65.1 cm³/mol. The van der Waals surface area contributed by atoms with E-state index in [-0.39, 0.29) is 12.8 Å². The Kier molecular flexibility index (Phi) is 4.83. The molecule has 106 valence electrons. The first-order valence-electron chi connectivity index (χ1n) is 5.98. The van der Waals surface area contributed by atoms with Crippen molar-refractivity contribution in [2.24, 2.45) is 5.41 Å². The van der Waals surface area contributed by atoms with Crippen molar-refractivity contribution in [1.82, 2.24) is 0 Å². The number of esters is 2. The molecule has 6 heteroatoms. The Morgan fingerprint density at radius 3 is 2.05 bits per heavy atom. The molecule has 0 aromatic rings. The minimum Gasteiger partial charge on any atom is -0.468 e. The molecule has 0 radical (unpaired) electrons. The van der Waals surface area contributed by atoms with Gasteiger partial charge in [-0.15, -0.1) is 0 Å². The number of ether oxygens (including phenoxy) is 2. The fourth-order valence-electron chi connectivity index (χ4n) is 2.45. The average Bonchev–Trinajstić information content (AvgIpc) is 2.85. The Labute approximate surface area is 111 Å². The Balaban J connectivity index is 3.19. The molecule has 1 rings (SSSR count). The summed E-state index contributed by atoms with van der Waals surface area (Å²) in [5.74, 6) is -1.90. The molecule has 0 aliphatic heterocycles. The van der Waals surface area contributed by atoms with E-state index in [4.69, 9.17) is 5.11 Å². The van der Waals surface area contributed by atoms with Crippen LogP contribution in [0.15, 0.2) is 11.1 Å². The molecule has 0 spiro atoms. The number of methoxy groups -OCH3 is 2. The second kappa shape index (κ2) is 5.97. The summed E-state index contributed by atoms with van der Waals surface area (Å²) in [4.78, 5) is 35.5. The zero-order chi connectivity index (χ0) is 14.6. The number of aliphatic hydroxyl groups excluding tert-OH is 1. The zero-order valence-corrected chi connectivity index (χ0v) is 11.3. The normalized spacial score (nSPS) is 17.3. The molecule has 1 N–H and O–H groups in total. The van der Waals surface area contributed by atoms with E-state index < -0.39 is 29.7 Å². The van der Waals surface area contributed by atoms with E-state index in [2.05, 4.69) is 9.47 Å². The molecule has 0 aromatic heterocycles. The van der Waals surface area contributed by atoms with Gasteiger partial charge in [-0.1, -0.05) is 12.5 Å². The summed E-state index contributed by atoms with van der Waals surface area (Å²) in [7, 11) is 2.37. The van der Waals surface area contributed by atoms with Crippen LogP contribution in [0.3, 0.4) is 0 Å². The number of hydrogen-bond acceptors (Lipinski definition) is 6. The number of rotatable bonds is 5. The molecule has 0 aromatic carbocycles. The lowest BCUT2D eigenvalue weighted by Gasteiger charge is -2.23. The van der Waals surface area contributed by atoms with E-state index in [1.54, 1.807) is 0 Å².